The van der Waals surface area contributed by atoms with Crippen molar-refractivity contribution in [2.24, 2.45) is 5.73 Å². The molecule has 0 radical (unpaired) electrons. The molecule has 1 amide bonds. The first-order valence-corrected chi connectivity index (χ1v) is 6.14. The Balaban J connectivity index is 2.24. The first kappa shape index (κ1) is 13.7. The highest BCUT2D eigenvalue weighted by Crippen LogP contribution is 2.25. The van der Waals surface area contributed by atoms with Crippen molar-refractivity contribution in [3.63, 3.8) is 0 Å². The number of aromatic carboxylic acids is 1. The van der Waals surface area contributed by atoms with Gasteiger partial charge < -0.3 is 10.8 Å². The third-order valence-corrected chi connectivity index (χ3v) is 3.18. The fraction of sp³-hybridized carbons (Fsp3) is 0. The molecule has 0 aliphatic rings. The van der Waals surface area contributed by atoms with Crippen LogP contribution in [0.1, 0.15) is 20.7 Å². The summed E-state index contributed by atoms with van der Waals surface area (Å²) in [6, 6.07) is 4.96. The van der Waals surface area contributed by atoms with E-state index in [2.05, 4.69) is 15.2 Å². The van der Waals surface area contributed by atoms with E-state index in [4.69, 9.17) is 10.8 Å². The lowest BCUT2D eigenvalue weighted by molar-refractivity contribution is 0.0691. The Kier molecular flexibility index (Phi) is 3.06. The van der Waals surface area contributed by atoms with Gasteiger partial charge in [-0.15, -0.1) is 0 Å². The van der Waals surface area contributed by atoms with Gasteiger partial charge in [0.2, 0.25) is 5.91 Å². The lowest BCUT2D eigenvalue weighted by atomic mass is 10.0. The van der Waals surface area contributed by atoms with Gasteiger partial charge in [0.05, 0.1) is 28.4 Å². The van der Waals surface area contributed by atoms with Gasteiger partial charge in [-0.2, -0.15) is 5.10 Å². The predicted molar refractivity (Wildman–Crippen MR) is 74.8 cm³/mol. The molecule has 8 heteroatoms. The van der Waals surface area contributed by atoms with Crippen molar-refractivity contribution in [2.75, 3.05) is 0 Å². The average molecular weight is 300 g/mol. The quantitative estimate of drug-likeness (QED) is 0.677. The molecule has 0 saturated heterocycles. The van der Waals surface area contributed by atoms with Gasteiger partial charge in [-0.25, -0.2) is 14.2 Å². The van der Waals surface area contributed by atoms with Crippen molar-refractivity contribution in [3.8, 4) is 11.3 Å². The number of carbonyl (C=O) groups excluding carboxylic acids is 1. The van der Waals surface area contributed by atoms with Crippen LogP contribution in [0.4, 0.5) is 4.39 Å². The monoisotopic (exact) mass is 300 g/mol. The molecule has 0 saturated carbocycles. The van der Waals surface area contributed by atoms with Crippen LogP contribution in [0.5, 0.6) is 0 Å². The van der Waals surface area contributed by atoms with Gasteiger partial charge in [-0.05, 0) is 24.3 Å². The van der Waals surface area contributed by atoms with Gasteiger partial charge >= 0.3 is 5.97 Å². The fourth-order valence-corrected chi connectivity index (χ4v) is 2.13. The van der Waals surface area contributed by atoms with E-state index in [0.717, 1.165) is 12.1 Å². The number of aromatic nitrogens is 3. The van der Waals surface area contributed by atoms with Crippen LogP contribution >= 0.6 is 0 Å². The average Bonchev–Trinajstić information content (AvgIpc) is 2.94. The topological polar surface area (TPSA) is 122 Å². The van der Waals surface area contributed by atoms with Crippen molar-refractivity contribution in [1.82, 2.24) is 15.2 Å². The van der Waals surface area contributed by atoms with E-state index < -0.39 is 23.3 Å². The molecule has 0 spiro atoms. The molecule has 7 nitrogen and oxygen atoms in total. The molecule has 3 rings (SSSR count). The number of nitrogens with one attached hydrogen (secondary N) is 1. The highest BCUT2D eigenvalue weighted by atomic mass is 19.1. The minimum absolute atomic E-state index is 0.190. The minimum atomic E-state index is -1.39. The lowest BCUT2D eigenvalue weighted by Gasteiger charge is -2.06. The van der Waals surface area contributed by atoms with E-state index >= 15 is 0 Å². The minimum Gasteiger partial charge on any atom is -0.478 e. The summed E-state index contributed by atoms with van der Waals surface area (Å²) in [5.74, 6) is -2.92. The molecule has 0 aliphatic carbocycles. The number of nitrogens with two attached hydrogens (primary N) is 1. The maximum absolute atomic E-state index is 13.5. The van der Waals surface area contributed by atoms with E-state index in [1.807, 2.05) is 0 Å². The van der Waals surface area contributed by atoms with E-state index in [-0.39, 0.29) is 11.3 Å². The van der Waals surface area contributed by atoms with Crippen molar-refractivity contribution < 1.29 is 19.1 Å². The van der Waals surface area contributed by atoms with Crippen LogP contribution in [0.3, 0.4) is 0 Å². The number of carbonyl (C=O) groups is 2. The Bertz CT molecular complexity index is 920. The lowest BCUT2D eigenvalue weighted by Crippen LogP contribution is -2.12. The summed E-state index contributed by atoms with van der Waals surface area (Å²) in [6.07, 6.45) is 1.42. The third kappa shape index (κ3) is 2.16. The van der Waals surface area contributed by atoms with Crippen LogP contribution in [0.25, 0.3) is 22.3 Å². The van der Waals surface area contributed by atoms with Crippen LogP contribution in [0, 0.1) is 5.82 Å². The maximum atomic E-state index is 13.5. The summed E-state index contributed by atoms with van der Waals surface area (Å²) in [5.41, 5.74) is 5.99. The molecular weight excluding hydrogens is 291 g/mol. The Morgan fingerprint density at radius 2 is 2.00 bits per heavy atom. The molecule has 0 unspecified atom stereocenters. The van der Waals surface area contributed by atoms with Crippen LogP contribution in [-0.2, 0) is 0 Å². The van der Waals surface area contributed by atoms with Crippen LogP contribution in [0.15, 0.2) is 30.5 Å². The second-order valence-corrected chi connectivity index (χ2v) is 4.55. The zero-order valence-corrected chi connectivity index (χ0v) is 11.0. The molecule has 2 heterocycles. The van der Waals surface area contributed by atoms with Gasteiger partial charge in [-0.3, -0.25) is 9.89 Å². The van der Waals surface area contributed by atoms with Gasteiger partial charge in [0.1, 0.15) is 5.82 Å². The molecule has 1 aromatic carbocycles. The number of primary amides is 1. The summed E-state index contributed by atoms with van der Waals surface area (Å²) < 4.78 is 13.5. The zero-order chi connectivity index (χ0) is 15.9. The zero-order valence-electron chi connectivity index (χ0n) is 11.0. The molecule has 0 bridgehead atoms. The molecule has 110 valence electrons. The predicted octanol–water partition coefficient (Wildman–Crippen LogP) is 1.56. The van der Waals surface area contributed by atoms with Crippen LogP contribution in [0.2, 0.25) is 0 Å². The Labute approximate surface area is 122 Å². The van der Waals surface area contributed by atoms with E-state index in [1.165, 1.54) is 18.3 Å². The Morgan fingerprint density at radius 1 is 1.23 bits per heavy atom. The van der Waals surface area contributed by atoms with Crippen molar-refractivity contribution in [2.45, 2.75) is 0 Å². The first-order valence-electron chi connectivity index (χ1n) is 6.14. The molecular formula is C14H9FN4O3. The molecule has 22 heavy (non-hydrogen) atoms. The van der Waals surface area contributed by atoms with Crippen molar-refractivity contribution >= 4 is 22.9 Å². The number of hydrogen-bond acceptors (Lipinski definition) is 4. The number of amides is 1. The van der Waals surface area contributed by atoms with Gasteiger partial charge in [0.25, 0.3) is 0 Å². The van der Waals surface area contributed by atoms with E-state index in [9.17, 15) is 14.0 Å². The summed E-state index contributed by atoms with van der Waals surface area (Å²) in [4.78, 5) is 26.8. The largest absolute Gasteiger partial charge is 0.478 e. The van der Waals surface area contributed by atoms with Crippen LogP contribution < -0.4 is 5.73 Å². The number of benzene rings is 1. The number of halogens is 1. The fourth-order valence-electron chi connectivity index (χ4n) is 2.13. The molecule has 2 aromatic heterocycles. The van der Waals surface area contributed by atoms with Gasteiger partial charge in [-0.1, -0.05) is 0 Å². The number of carboxylic acid groups (broad SMARTS) is 1. The number of aromatic amines is 1. The smallest absolute Gasteiger partial charge is 0.338 e. The number of fused-ring (bicyclic) bond motifs is 1. The Morgan fingerprint density at radius 3 is 2.68 bits per heavy atom. The third-order valence-electron chi connectivity index (χ3n) is 3.18. The second kappa shape index (κ2) is 4.92. The van der Waals surface area contributed by atoms with Crippen LogP contribution in [-0.4, -0.2) is 32.2 Å². The summed E-state index contributed by atoms with van der Waals surface area (Å²) in [6.45, 7) is 0. The highest BCUT2D eigenvalue weighted by Gasteiger charge is 2.16. The SMILES string of the molecule is NC(=O)c1cc(-c2ccc(F)c(C(=O)O)c2)nc2[nH]ncc12. The molecule has 0 atom stereocenters. The highest BCUT2D eigenvalue weighted by molar-refractivity contribution is 6.05. The first-order chi connectivity index (χ1) is 10.5. The van der Waals surface area contributed by atoms with E-state index in [0.29, 0.717) is 16.6 Å². The standard InChI is InChI=1S/C14H9FN4O3/c15-10-2-1-6(3-8(10)14(21)22)11-4-7(12(16)20)9-5-17-19-13(9)18-11/h1-5H,(H2,16,20)(H,21,22)(H,17,18,19). The van der Waals surface area contributed by atoms with E-state index in [1.54, 1.807) is 0 Å². The summed E-state index contributed by atoms with van der Waals surface area (Å²) in [5, 5.41) is 15.8. The number of carboxylic acids is 1. The van der Waals surface area contributed by atoms with Crippen molar-refractivity contribution in [3.05, 3.63) is 47.4 Å². The summed E-state index contributed by atoms with van der Waals surface area (Å²) >= 11 is 0. The molecule has 3 aromatic rings. The Hall–Kier alpha value is -3.29. The molecule has 4 N–H and O–H groups in total. The number of H-pyrrole nitrogens is 1. The second-order valence-electron chi connectivity index (χ2n) is 4.55. The number of nitrogens with zero attached hydrogens (tertiary/aromatic N) is 2. The van der Waals surface area contributed by atoms with Crippen molar-refractivity contribution in [1.29, 1.82) is 0 Å². The number of rotatable bonds is 3. The molecule has 0 fully saturated rings. The summed E-state index contributed by atoms with van der Waals surface area (Å²) in [7, 11) is 0. The molecule has 0 aliphatic heterocycles. The van der Waals surface area contributed by atoms with Gasteiger partial charge in [0.15, 0.2) is 5.65 Å². The number of hydrogen-bond donors (Lipinski definition) is 3. The normalized spacial score (nSPS) is 10.8. The number of pyridine rings is 1. The van der Waals surface area contributed by atoms with Gasteiger partial charge in [0, 0.05) is 5.56 Å². The maximum Gasteiger partial charge on any atom is 0.338 e.